The zero-order valence-electron chi connectivity index (χ0n) is 23.0. The fourth-order valence-corrected chi connectivity index (χ4v) is 4.49. The number of nitrogens with one attached hydrogen (secondary N) is 1. The van der Waals surface area contributed by atoms with E-state index in [2.05, 4.69) is 25.3 Å². The van der Waals surface area contributed by atoms with Gasteiger partial charge in [-0.1, -0.05) is 47.6 Å². The molecule has 1 aliphatic rings. The van der Waals surface area contributed by atoms with Gasteiger partial charge in [0.2, 0.25) is 0 Å². The standard InChI is InChI=1S/C31H35N5O4/c1-23(35-40-21-24-7-4-3-5-8-24)25-9-11-26(12-10-25)34-31-27-19-30(29(37-2)20-28(27)32-22-33-31)39-16-6-13-36-14-17-38-18-15-36/h3-5,7-12,19-20,22H,6,13-18,21H2,1-2H3,(H,32,33,34). The lowest BCUT2D eigenvalue weighted by Gasteiger charge is -2.26. The van der Waals surface area contributed by atoms with Crippen LogP contribution in [0.1, 0.15) is 24.5 Å². The van der Waals surface area contributed by atoms with Gasteiger partial charge in [-0.25, -0.2) is 9.97 Å². The van der Waals surface area contributed by atoms with Crippen LogP contribution in [0.3, 0.4) is 0 Å². The highest BCUT2D eigenvalue weighted by atomic mass is 16.6. The van der Waals surface area contributed by atoms with E-state index in [0.717, 1.165) is 72.7 Å². The van der Waals surface area contributed by atoms with Gasteiger partial charge in [0.25, 0.3) is 0 Å². The van der Waals surface area contributed by atoms with Gasteiger partial charge in [0.15, 0.2) is 11.5 Å². The smallest absolute Gasteiger partial charge is 0.162 e. The molecule has 208 valence electrons. The lowest BCUT2D eigenvalue weighted by atomic mass is 10.1. The first kappa shape index (κ1) is 27.4. The lowest BCUT2D eigenvalue weighted by Crippen LogP contribution is -2.37. The van der Waals surface area contributed by atoms with Crippen LogP contribution in [0.5, 0.6) is 11.5 Å². The van der Waals surface area contributed by atoms with Crippen molar-refractivity contribution >= 4 is 28.1 Å². The fraction of sp³-hybridized carbons (Fsp3) is 0.323. The summed E-state index contributed by atoms with van der Waals surface area (Å²) in [7, 11) is 1.64. The molecular formula is C31H35N5O4. The van der Waals surface area contributed by atoms with Gasteiger partial charge in [-0.05, 0) is 42.7 Å². The van der Waals surface area contributed by atoms with E-state index in [4.69, 9.17) is 19.0 Å². The molecule has 3 aromatic carbocycles. The van der Waals surface area contributed by atoms with Crippen LogP contribution in [0.15, 0.2) is 78.2 Å². The van der Waals surface area contributed by atoms with E-state index in [0.29, 0.717) is 30.5 Å². The van der Waals surface area contributed by atoms with Crippen LogP contribution in [0.4, 0.5) is 11.5 Å². The van der Waals surface area contributed by atoms with Crippen molar-refractivity contribution in [3.8, 4) is 11.5 Å². The number of hydrogen-bond acceptors (Lipinski definition) is 9. The highest BCUT2D eigenvalue weighted by Gasteiger charge is 2.13. The summed E-state index contributed by atoms with van der Waals surface area (Å²) in [5.41, 5.74) is 4.52. The number of anilines is 2. The van der Waals surface area contributed by atoms with Crippen molar-refractivity contribution in [1.29, 1.82) is 0 Å². The first-order valence-corrected chi connectivity index (χ1v) is 13.5. The Morgan fingerprint density at radius 1 is 1.00 bits per heavy atom. The number of aromatic nitrogens is 2. The Bertz CT molecular complexity index is 1410. The summed E-state index contributed by atoms with van der Waals surface area (Å²) >= 11 is 0. The van der Waals surface area contributed by atoms with Crippen LogP contribution in [0.25, 0.3) is 10.9 Å². The first-order chi connectivity index (χ1) is 19.7. The Labute approximate surface area is 234 Å². The summed E-state index contributed by atoms with van der Waals surface area (Å²) in [6, 6.07) is 21.8. The van der Waals surface area contributed by atoms with Crippen molar-refractivity contribution in [2.75, 3.05) is 51.9 Å². The number of oxime groups is 1. The third kappa shape index (κ3) is 7.25. The summed E-state index contributed by atoms with van der Waals surface area (Å²) in [6.07, 6.45) is 2.46. The second-order valence-corrected chi connectivity index (χ2v) is 9.54. The Hall–Kier alpha value is -4.21. The van der Waals surface area contributed by atoms with Crippen LogP contribution < -0.4 is 14.8 Å². The third-order valence-electron chi connectivity index (χ3n) is 6.74. The molecule has 0 unspecified atom stereocenters. The predicted molar refractivity (Wildman–Crippen MR) is 157 cm³/mol. The fourth-order valence-electron chi connectivity index (χ4n) is 4.49. The maximum absolute atomic E-state index is 6.14. The molecule has 9 nitrogen and oxygen atoms in total. The van der Waals surface area contributed by atoms with Gasteiger partial charge in [-0.15, -0.1) is 0 Å². The molecule has 0 radical (unpaired) electrons. The summed E-state index contributed by atoms with van der Waals surface area (Å²) in [4.78, 5) is 16.9. The number of ether oxygens (including phenoxy) is 3. The Kier molecular flexibility index (Phi) is 9.39. The monoisotopic (exact) mass is 541 g/mol. The number of hydrogen-bond donors (Lipinski definition) is 1. The van der Waals surface area contributed by atoms with Crippen molar-refractivity contribution in [3.63, 3.8) is 0 Å². The largest absolute Gasteiger partial charge is 0.493 e. The topological polar surface area (TPSA) is 90.3 Å². The van der Waals surface area contributed by atoms with Crippen molar-refractivity contribution in [2.24, 2.45) is 5.16 Å². The Morgan fingerprint density at radius 3 is 2.58 bits per heavy atom. The van der Waals surface area contributed by atoms with Gasteiger partial charge in [-0.3, -0.25) is 4.90 Å². The van der Waals surface area contributed by atoms with Gasteiger partial charge in [0.1, 0.15) is 18.8 Å². The highest BCUT2D eigenvalue weighted by Crippen LogP contribution is 2.35. The van der Waals surface area contributed by atoms with Crippen LogP contribution in [0, 0.1) is 0 Å². The molecule has 5 rings (SSSR count). The van der Waals surface area contributed by atoms with E-state index in [9.17, 15) is 0 Å². The van der Waals surface area contributed by atoms with E-state index in [1.165, 1.54) is 0 Å². The van der Waals surface area contributed by atoms with Gasteiger partial charge >= 0.3 is 0 Å². The average Bonchev–Trinajstić information content (AvgIpc) is 3.00. The van der Waals surface area contributed by atoms with E-state index in [-0.39, 0.29) is 0 Å². The summed E-state index contributed by atoms with van der Waals surface area (Å²) < 4.78 is 17.2. The number of rotatable bonds is 12. The number of morpholine rings is 1. The maximum Gasteiger partial charge on any atom is 0.162 e. The molecule has 1 N–H and O–H groups in total. The van der Waals surface area contributed by atoms with Crippen molar-refractivity contribution in [1.82, 2.24) is 14.9 Å². The molecule has 1 fully saturated rings. The molecule has 0 saturated carbocycles. The molecule has 0 aliphatic carbocycles. The molecule has 0 atom stereocenters. The van der Waals surface area contributed by atoms with E-state index >= 15 is 0 Å². The summed E-state index contributed by atoms with van der Waals surface area (Å²) in [5.74, 6) is 2.01. The third-order valence-corrected chi connectivity index (χ3v) is 6.74. The van der Waals surface area contributed by atoms with E-state index < -0.39 is 0 Å². The second kappa shape index (κ2) is 13.7. The van der Waals surface area contributed by atoms with Crippen molar-refractivity contribution in [3.05, 3.63) is 84.2 Å². The maximum atomic E-state index is 6.14. The molecule has 40 heavy (non-hydrogen) atoms. The molecule has 1 aromatic heterocycles. The molecule has 0 spiro atoms. The number of methoxy groups -OCH3 is 1. The normalized spacial score (nSPS) is 14.2. The zero-order chi connectivity index (χ0) is 27.6. The molecule has 0 bridgehead atoms. The van der Waals surface area contributed by atoms with E-state index in [1.807, 2.05) is 73.7 Å². The molecule has 1 saturated heterocycles. The van der Waals surface area contributed by atoms with Crippen molar-refractivity contribution < 1.29 is 19.0 Å². The minimum Gasteiger partial charge on any atom is -0.493 e. The van der Waals surface area contributed by atoms with Crippen LogP contribution in [-0.2, 0) is 16.2 Å². The van der Waals surface area contributed by atoms with E-state index in [1.54, 1.807) is 13.4 Å². The number of benzene rings is 3. The molecule has 9 heteroatoms. The second-order valence-electron chi connectivity index (χ2n) is 9.54. The lowest BCUT2D eigenvalue weighted by molar-refractivity contribution is 0.0357. The zero-order valence-corrected chi connectivity index (χ0v) is 23.0. The molecule has 1 aliphatic heterocycles. The highest BCUT2D eigenvalue weighted by molar-refractivity contribution is 5.99. The van der Waals surface area contributed by atoms with Gasteiger partial charge in [-0.2, -0.15) is 0 Å². The van der Waals surface area contributed by atoms with Crippen molar-refractivity contribution in [2.45, 2.75) is 20.0 Å². The van der Waals surface area contributed by atoms with Gasteiger partial charge in [0, 0.05) is 36.8 Å². The SMILES string of the molecule is COc1cc2ncnc(Nc3ccc(C(C)=NOCc4ccccc4)cc3)c2cc1OCCCN1CCOCC1. The average molecular weight is 542 g/mol. The van der Waals surface area contributed by atoms with Gasteiger partial charge in [0.05, 0.1) is 38.2 Å². The number of nitrogens with zero attached hydrogens (tertiary/aromatic N) is 4. The van der Waals surface area contributed by atoms with Crippen LogP contribution in [-0.4, -0.2) is 67.1 Å². The first-order valence-electron chi connectivity index (χ1n) is 13.5. The summed E-state index contributed by atoms with van der Waals surface area (Å²) in [6.45, 7) is 7.48. The predicted octanol–water partition coefficient (Wildman–Crippen LogP) is 5.42. The quantitative estimate of drug-likeness (QED) is 0.144. The van der Waals surface area contributed by atoms with Crippen LogP contribution >= 0.6 is 0 Å². The Balaban J connectivity index is 1.23. The molecule has 4 aromatic rings. The van der Waals surface area contributed by atoms with Gasteiger partial charge < -0.3 is 24.4 Å². The minimum absolute atomic E-state index is 0.433. The molecular weight excluding hydrogens is 506 g/mol. The van der Waals surface area contributed by atoms with Crippen LogP contribution in [0.2, 0.25) is 0 Å². The molecule has 2 heterocycles. The molecule has 0 amide bonds. The Morgan fingerprint density at radius 2 is 1.80 bits per heavy atom. The number of fused-ring (bicyclic) bond motifs is 1. The minimum atomic E-state index is 0.433. The summed E-state index contributed by atoms with van der Waals surface area (Å²) in [5, 5.41) is 8.53.